The Morgan fingerprint density at radius 2 is 2.00 bits per heavy atom. The second-order valence-corrected chi connectivity index (χ2v) is 8.31. The molecule has 0 spiro atoms. The first kappa shape index (κ1) is 17.0. The molecule has 2 nitrogen and oxygen atoms in total. The molecule has 0 bridgehead atoms. The van der Waals surface area contributed by atoms with Gasteiger partial charge in [0, 0.05) is 20.4 Å². The van der Waals surface area contributed by atoms with E-state index in [0.717, 1.165) is 21.3 Å². The molecule has 1 fully saturated rings. The zero-order chi connectivity index (χ0) is 16.4. The van der Waals surface area contributed by atoms with E-state index in [1.165, 1.54) is 37.0 Å². The van der Waals surface area contributed by atoms with Gasteiger partial charge in [0.2, 0.25) is 0 Å². The average Bonchev–Trinajstić information content (AvgIpc) is 3.03. The molecule has 0 unspecified atom stereocenters. The molecule has 1 saturated carbocycles. The van der Waals surface area contributed by atoms with E-state index in [-0.39, 0.29) is 5.91 Å². The molecule has 1 aliphatic rings. The van der Waals surface area contributed by atoms with Crippen molar-refractivity contribution in [3.8, 4) is 0 Å². The number of thiophene rings is 1. The summed E-state index contributed by atoms with van der Waals surface area (Å²) in [6, 6.07) is 5.76. The van der Waals surface area contributed by atoms with Gasteiger partial charge in [-0.2, -0.15) is 0 Å². The predicted octanol–water partition coefficient (Wildman–Crippen LogP) is 6.77. The summed E-state index contributed by atoms with van der Waals surface area (Å²) < 4.78 is 0.838. The summed E-state index contributed by atoms with van der Waals surface area (Å²) in [6.45, 7) is 1.96. The van der Waals surface area contributed by atoms with Crippen molar-refractivity contribution in [1.29, 1.82) is 0 Å². The molecule has 3 rings (SSSR count). The molecule has 0 aliphatic heterocycles. The van der Waals surface area contributed by atoms with E-state index in [0.29, 0.717) is 10.9 Å². The van der Waals surface area contributed by atoms with Gasteiger partial charge in [-0.3, -0.25) is 4.79 Å². The molecule has 1 aromatic carbocycles. The van der Waals surface area contributed by atoms with E-state index < -0.39 is 0 Å². The molecular weight excluding hydrogens is 394 g/mol. The third-order valence-corrected chi connectivity index (χ3v) is 6.70. The van der Waals surface area contributed by atoms with Gasteiger partial charge >= 0.3 is 0 Å². The van der Waals surface area contributed by atoms with Crippen LogP contribution in [0.4, 0.5) is 5.69 Å². The van der Waals surface area contributed by atoms with Crippen LogP contribution in [0.2, 0.25) is 5.02 Å². The maximum atomic E-state index is 12.5. The lowest BCUT2D eigenvalue weighted by Crippen LogP contribution is -2.12. The highest BCUT2D eigenvalue weighted by Gasteiger charge is 2.19. The van der Waals surface area contributed by atoms with Gasteiger partial charge < -0.3 is 5.32 Å². The Morgan fingerprint density at radius 1 is 1.26 bits per heavy atom. The van der Waals surface area contributed by atoms with E-state index in [9.17, 15) is 4.79 Å². The van der Waals surface area contributed by atoms with Gasteiger partial charge in [0.15, 0.2) is 0 Å². The van der Waals surface area contributed by atoms with Crippen LogP contribution in [0.15, 0.2) is 28.1 Å². The van der Waals surface area contributed by atoms with E-state index in [4.69, 9.17) is 11.6 Å². The molecule has 1 amide bonds. The minimum Gasteiger partial charge on any atom is -0.322 e. The van der Waals surface area contributed by atoms with Crippen molar-refractivity contribution in [2.24, 2.45) is 0 Å². The Kier molecular flexibility index (Phi) is 5.45. The van der Waals surface area contributed by atoms with Crippen molar-refractivity contribution < 1.29 is 4.79 Å². The molecule has 1 aromatic heterocycles. The maximum Gasteiger partial charge on any atom is 0.256 e. The summed E-state index contributed by atoms with van der Waals surface area (Å²) >= 11 is 11.2. The van der Waals surface area contributed by atoms with Gasteiger partial charge in [-0.05, 0) is 65.4 Å². The number of amides is 1. The van der Waals surface area contributed by atoms with E-state index in [1.807, 2.05) is 18.4 Å². The van der Waals surface area contributed by atoms with Gasteiger partial charge in [-0.15, -0.1) is 11.3 Å². The lowest BCUT2D eigenvalue weighted by Gasteiger charge is -2.19. The monoisotopic (exact) mass is 411 g/mol. The van der Waals surface area contributed by atoms with Crippen molar-refractivity contribution in [3.63, 3.8) is 0 Å². The largest absolute Gasteiger partial charge is 0.322 e. The van der Waals surface area contributed by atoms with Crippen molar-refractivity contribution >= 4 is 50.5 Å². The number of halogens is 2. The molecule has 23 heavy (non-hydrogen) atoms. The number of nitrogens with one attached hydrogen (secondary N) is 1. The normalized spacial score (nSPS) is 15.6. The molecule has 122 valence electrons. The summed E-state index contributed by atoms with van der Waals surface area (Å²) in [6.07, 6.45) is 6.46. The summed E-state index contributed by atoms with van der Waals surface area (Å²) in [4.78, 5) is 13.8. The van der Waals surface area contributed by atoms with Crippen LogP contribution >= 0.6 is 38.9 Å². The first-order valence-electron chi connectivity index (χ1n) is 7.90. The number of rotatable bonds is 3. The smallest absolute Gasteiger partial charge is 0.256 e. The average molecular weight is 413 g/mol. The Balaban J connectivity index is 1.74. The zero-order valence-electron chi connectivity index (χ0n) is 13.0. The van der Waals surface area contributed by atoms with Gasteiger partial charge in [0.05, 0.1) is 10.6 Å². The van der Waals surface area contributed by atoms with Gasteiger partial charge in [0.1, 0.15) is 0 Å². The topological polar surface area (TPSA) is 29.1 Å². The molecule has 1 N–H and O–H groups in total. The number of carbonyl (C=O) groups excluding carboxylic acids is 1. The first-order valence-corrected chi connectivity index (χ1v) is 9.95. The lowest BCUT2D eigenvalue weighted by atomic mass is 9.88. The molecule has 0 saturated heterocycles. The number of benzene rings is 1. The Morgan fingerprint density at radius 3 is 2.74 bits per heavy atom. The quantitative estimate of drug-likeness (QED) is 0.592. The number of anilines is 1. The Labute approximate surface area is 154 Å². The van der Waals surface area contributed by atoms with Crippen molar-refractivity contribution in [1.82, 2.24) is 0 Å². The van der Waals surface area contributed by atoms with Crippen LogP contribution in [-0.4, -0.2) is 5.91 Å². The van der Waals surface area contributed by atoms with Gasteiger partial charge in [-0.1, -0.05) is 30.9 Å². The minimum atomic E-state index is -0.0650. The van der Waals surface area contributed by atoms with E-state index in [2.05, 4.69) is 27.3 Å². The Hall–Kier alpha value is -0.840. The molecule has 0 atom stereocenters. The fourth-order valence-corrected chi connectivity index (χ4v) is 4.73. The minimum absolute atomic E-state index is 0.0650. The molecule has 1 heterocycles. The summed E-state index contributed by atoms with van der Waals surface area (Å²) in [5.41, 5.74) is 2.49. The van der Waals surface area contributed by atoms with Crippen LogP contribution in [0, 0.1) is 6.92 Å². The first-order chi connectivity index (χ1) is 11.0. The highest BCUT2D eigenvalue weighted by atomic mass is 79.9. The van der Waals surface area contributed by atoms with Crippen LogP contribution < -0.4 is 5.32 Å². The lowest BCUT2D eigenvalue weighted by molar-refractivity contribution is 0.102. The van der Waals surface area contributed by atoms with E-state index in [1.54, 1.807) is 17.4 Å². The van der Waals surface area contributed by atoms with Crippen molar-refractivity contribution in [2.75, 3.05) is 5.32 Å². The van der Waals surface area contributed by atoms with Crippen LogP contribution in [0.1, 0.15) is 58.8 Å². The summed E-state index contributed by atoms with van der Waals surface area (Å²) in [5.74, 6) is 0.573. The molecule has 0 radical (unpaired) electrons. The van der Waals surface area contributed by atoms with Crippen LogP contribution in [0.3, 0.4) is 0 Å². The molecule has 2 aromatic rings. The predicted molar refractivity (Wildman–Crippen MR) is 102 cm³/mol. The Bertz CT molecular complexity index is 722. The SMILES string of the molecule is Cc1cc(Br)c(Cl)cc1NC(=O)c1csc(C2CCCCC2)c1. The third kappa shape index (κ3) is 3.98. The standard InChI is InChI=1S/C18H19BrClNOS/c1-11-7-14(19)15(20)9-16(11)21-18(22)13-8-17(23-10-13)12-5-3-2-4-6-12/h7-10,12H,2-6H2,1H3,(H,21,22). The van der Waals surface area contributed by atoms with Crippen molar-refractivity contribution in [2.45, 2.75) is 44.9 Å². The maximum absolute atomic E-state index is 12.5. The van der Waals surface area contributed by atoms with E-state index >= 15 is 0 Å². The van der Waals surface area contributed by atoms with Crippen LogP contribution in [0.25, 0.3) is 0 Å². The second-order valence-electron chi connectivity index (χ2n) is 6.11. The number of carbonyl (C=O) groups is 1. The number of hydrogen-bond acceptors (Lipinski definition) is 2. The van der Waals surface area contributed by atoms with Gasteiger partial charge in [0.25, 0.3) is 5.91 Å². The highest BCUT2D eigenvalue weighted by molar-refractivity contribution is 9.10. The number of aryl methyl sites for hydroxylation is 1. The zero-order valence-corrected chi connectivity index (χ0v) is 16.2. The molecule has 5 heteroatoms. The third-order valence-electron chi connectivity index (χ3n) is 4.40. The van der Waals surface area contributed by atoms with Crippen LogP contribution in [-0.2, 0) is 0 Å². The second kappa shape index (κ2) is 7.37. The summed E-state index contributed by atoms with van der Waals surface area (Å²) in [7, 11) is 0. The fraction of sp³-hybridized carbons (Fsp3) is 0.389. The summed E-state index contributed by atoms with van der Waals surface area (Å²) in [5, 5.41) is 5.54. The van der Waals surface area contributed by atoms with Crippen LogP contribution in [0.5, 0.6) is 0 Å². The number of hydrogen-bond donors (Lipinski definition) is 1. The van der Waals surface area contributed by atoms with Gasteiger partial charge in [-0.25, -0.2) is 0 Å². The fourth-order valence-electron chi connectivity index (χ4n) is 3.05. The van der Waals surface area contributed by atoms with Crippen molar-refractivity contribution in [3.05, 3.63) is 49.1 Å². The molecule has 1 aliphatic carbocycles. The highest BCUT2D eigenvalue weighted by Crippen LogP contribution is 2.36. The molecular formula is C18H19BrClNOS.